The smallest absolute Gasteiger partial charge is 0.305 e. The highest BCUT2D eigenvalue weighted by atomic mass is 19.3. The van der Waals surface area contributed by atoms with Crippen LogP contribution in [0.4, 0.5) is 8.78 Å². The molecule has 0 heterocycles. The molecule has 28 heavy (non-hydrogen) atoms. The predicted molar refractivity (Wildman–Crippen MR) is 109 cm³/mol. The fraction of sp³-hybridized carbons (Fsp3) is 0.913. The normalized spacial score (nSPS) is 23.0. The van der Waals surface area contributed by atoms with Gasteiger partial charge in [-0.25, -0.2) is 0 Å². The highest BCUT2D eigenvalue weighted by molar-refractivity contribution is 5.86. The Morgan fingerprint density at radius 3 is 2.32 bits per heavy atom. The van der Waals surface area contributed by atoms with Crippen molar-refractivity contribution >= 4 is 11.6 Å². The summed E-state index contributed by atoms with van der Waals surface area (Å²) in [6, 6.07) is 0. The minimum Gasteiger partial charge on any atom is -0.375 e. The lowest BCUT2D eigenvalue weighted by molar-refractivity contribution is -0.144. The number of rotatable bonds is 15. The first kappa shape index (κ1) is 25.2. The zero-order valence-electron chi connectivity index (χ0n) is 18.3. The van der Waals surface area contributed by atoms with Crippen LogP contribution in [0.2, 0.25) is 0 Å². The van der Waals surface area contributed by atoms with E-state index in [-0.39, 0.29) is 42.7 Å². The first-order chi connectivity index (χ1) is 13.2. The molecule has 1 rings (SSSR count). The Hall–Kier alpha value is -0.840. The fourth-order valence-electron chi connectivity index (χ4n) is 4.25. The van der Waals surface area contributed by atoms with E-state index < -0.39 is 11.7 Å². The maximum absolute atomic E-state index is 14.0. The molecule has 0 aromatic carbocycles. The molecule has 1 saturated carbocycles. The Morgan fingerprint density at radius 2 is 1.71 bits per heavy atom. The predicted octanol–water partition coefficient (Wildman–Crippen LogP) is 6.52. The highest BCUT2D eigenvalue weighted by Crippen LogP contribution is 2.39. The van der Waals surface area contributed by atoms with E-state index in [0.29, 0.717) is 25.7 Å². The average Bonchev–Trinajstić information content (AvgIpc) is 2.91. The number of Topliss-reactive ketones (excluding diaryl/α,β-unsaturated/α-hetero) is 2. The average molecular weight is 403 g/mol. The highest BCUT2D eigenvalue weighted by Gasteiger charge is 2.44. The van der Waals surface area contributed by atoms with Crippen molar-refractivity contribution in [1.29, 1.82) is 0 Å². The Bertz CT molecular complexity index is 476. The van der Waals surface area contributed by atoms with Crippen molar-refractivity contribution < 1.29 is 23.1 Å². The van der Waals surface area contributed by atoms with Gasteiger partial charge in [0.25, 0.3) is 0 Å². The number of hydrogen-bond acceptors (Lipinski definition) is 3. The summed E-state index contributed by atoms with van der Waals surface area (Å²) in [6.07, 6.45) is 7.23. The summed E-state index contributed by atoms with van der Waals surface area (Å²) in [4.78, 5) is 24.7. The maximum atomic E-state index is 14.0. The molecule has 0 bridgehead atoms. The number of carbonyl (C=O) groups is 2. The molecule has 164 valence electrons. The maximum Gasteiger partial charge on any atom is 0.305 e. The fourth-order valence-corrected chi connectivity index (χ4v) is 4.25. The summed E-state index contributed by atoms with van der Waals surface area (Å²) in [5.41, 5.74) is 0. The summed E-state index contributed by atoms with van der Waals surface area (Å²) in [6.45, 7) is 7.84. The van der Waals surface area contributed by atoms with Crippen LogP contribution >= 0.6 is 0 Å². The number of halogens is 2. The molecule has 0 radical (unpaired) electrons. The van der Waals surface area contributed by atoms with Gasteiger partial charge in [0.05, 0.1) is 12.2 Å². The molecule has 3 nitrogen and oxygen atoms in total. The van der Waals surface area contributed by atoms with Crippen molar-refractivity contribution in [2.24, 2.45) is 11.8 Å². The van der Waals surface area contributed by atoms with Crippen LogP contribution < -0.4 is 0 Å². The summed E-state index contributed by atoms with van der Waals surface area (Å²) in [5, 5.41) is 0. The molecule has 0 aliphatic heterocycles. The van der Waals surface area contributed by atoms with Crippen LogP contribution in [0.3, 0.4) is 0 Å². The molecular formula is C23H40F2O3. The van der Waals surface area contributed by atoms with Crippen LogP contribution in [-0.4, -0.2) is 29.7 Å². The minimum absolute atomic E-state index is 0.0229. The van der Waals surface area contributed by atoms with Crippen molar-refractivity contribution in [3.63, 3.8) is 0 Å². The van der Waals surface area contributed by atoms with Gasteiger partial charge >= 0.3 is 5.92 Å². The number of alkyl halides is 2. The molecule has 0 spiro atoms. The van der Waals surface area contributed by atoms with Gasteiger partial charge in [0, 0.05) is 25.2 Å². The minimum atomic E-state index is -3.25. The van der Waals surface area contributed by atoms with Crippen LogP contribution in [0.25, 0.3) is 0 Å². The quantitative estimate of drug-likeness (QED) is 0.293. The monoisotopic (exact) mass is 402 g/mol. The summed E-state index contributed by atoms with van der Waals surface area (Å²) < 4.78 is 34.0. The zero-order chi connectivity index (χ0) is 21.2. The molecule has 0 saturated heterocycles. The number of hydrogen-bond donors (Lipinski definition) is 0. The van der Waals surface area contributed by atoms with Gasteiger partial charge in [0.2, 0.25) is 5.78 Å². The molecule has 0 amide bonds. The van der Waals surface area contributed by atoms with Gasteiger partial charge in [-0.15, -0.1) is 0 Å². The standard InChI is InChI=1S/C23H40F2O3/c1-5-7-9-10-11-12-18-19(21(16-20(18)26)28-17(3)4)13-14-22(27)23(24,25)15-8-6-2/h17-19,21H,5-16H2,1-4H3/t18-,19-,21-/m1/s1. The van der Waals surface area contributed by atoms with E-state index in [0.717, 1.165) is 25.7 Å². The zero-order valence-corrected chi connectivity index (χ0v) is 18.3. The van der Waals surface area contributed by atoms with Crippen molar-refractivity contribution in [3.05, 3.63) is 0 Å². The van der Waals surface area contributed by atoms with Gasteiger partial charge in [-0.1, -0.05) is 52.4 Å². The first-order valence-electron chi connectivity index (χ1n) is 11.3. The number of unbranched alkanes of at least 4 members (excludes halogenated alkanes) is 5. The molecule has 0 aromatic rings. The second-order valence-corrected chi connectivity index (χ2v) is 8.64. The third kappa shape index (κ3) is 8.26. The van der Waals surface area contributed by atoms with Crippen molar-refractivity contribution in [3.8, 4) is 0 Å². The van der Waals surface area contributed by atoms with E-state index >= 15 is 0 Å². The van der Waals surface area contributed by atoms with Crippen LogP contribution in [-0.2, 0) is 14.3 Å². The second kappa shape index (κ2) is 12.7. The van der Waals surface area contributed by atoms with E-state index in [9.17, 15) is 18.4 Å². The Labute approximate surface area is 170 Å². The number of ketones is 2. The lowest BCUT2D eigenvalue weighted by Gasteiger charge is -2.26. The second-order valence-electron chi connectivity index (χ2n) is 8.64. The lowest BCUT2D eigenvalue weighted by Crippen LogP contribution is -2.31. The molecule has 0 unspecified atom stereocenters. The van der Waals surface area contributed by atoms with Gasteiger partial charge < -0.3 is 4.74 Å². The van der Waals surface area contributed by atoms with Gasteiger partial charge in [-0.3, -0.25) is 9.59 Å². The number of carbonyl (C=O) groups excluding carboxylic acids is 2. The van der Waals surface area contributed by atoms with E-state index in [1.54, 1.807) is 0 Å². The Kier molecular flexibility index (Phi) is 11.4. The largest absolute Gasteiger partial charge is 0.375 e. The summed E-state index contributed by atoms with van der Waals surface area (Å²) in [5.74, 6) is -4.32. The Morgan fingerprint density at radius 1 is 1.07 bits per heavy atom. The molecule has 0 N–H and O–H groups in total. The molecule has 1 aliphatic carbocycles. The van der Waals surface area contributed by atoms with Crippen molar-refractivity contribution in [1.82, 2.24) is 0 Å². The van der Waals surface area contributed by atoms with E-state index in [4.69, 9.17) is 4.74 Å². The van der Waals surface area contributed by atoms with Crippen molar-refractivity contribution in [2.45, 2.75) is 123 Å². The van der Waals surface area contributed by atoms with Gasteiger partial charge in [0.1, 0.15) is 5.78 Å². The molecule has 1 fully saturated rings. The lowest BCUT2D eigenvalue weighted by atomic mass is 9.84. The van der Waals surface area contributed by atoms with Crippen LogP contribution in [0.15, 0.2) is 0 Å². The van der Waals surface area contributed by atoms with Crippen molar-refractivity contribution in [2.75, 3.05) is 0 Å². The topological polar surface area (TPSA) is 43.4 Å². The molecular weight excluding hydrogens is 362 g/mol. The number of ether oxygens (including phenoxy) is 1. The van der Waals surface area contributed by atoms with Gasteiger partial charge in [0.15, 0.2) is 0 Å². The molecule has 1 aliphatic rings. The van der Waals surface area contributed by atoms with Gasteiger partial charge in [-0.2, -0.15) is 8.78 Å². The van der Waals surface area contributed by atoms with Crippen LogP contribution in [0.1, 0.15) is 105 Å². The molecule has 0 aromatic heterocycles. The molecule has 5 heteroatoms. The van der Waals surface area contributed by atoms with E-state index in [2.05, 4.69) is 6.92 Å². The van der Waals surface area contributed by atoms with Gasteiger partial charge in [-0.05, 0) is 39.0 Å². The van der Waals surface area contributed by atoms with E-state index in [1.807, 2.05) is 20.8 Å². The third-order valence-corrected chi connectivity index (χ3v) is 5.83. The molecule has 3 atom stereocenters. The third-order valence-electron chi connectivity index (χ3n) is 5.83. The van der Waals surface area contributed by atoms with Crippen LogP contribution in [0, 0.1) is 11.8 Å². The van der Waals surface area contributed by atoms with Crippen LogP contribution in [0.5, 0.6) is 0 Å². The van der Waals surface area contributed by atoms with E-state index in [1.165, 1.54) is 12.8 Å². The SMILES string of the molecule is CCCCCCC[C@H]1C(=O)C[C@@H](OC(C)C)[C@@H]1CCC(=O)C(F)(F)CCCC. The summed E-state index contributed by atoms with van der Waals surface area (Å²) >= 11 is 0. The Balaban J connectivity index is 2.69. The summed E-state index contributed by atoms with van der Waals surface area (Å²) in [7, 11) is 0. The first-order valence-corrected chi connectivity index (χ1v) is 11.3.